The van der Waals surface area contributed by atoms with Crippen LogP contribution in [0, 0.1) is 13.8 Å². The number of rotatable bonds is 4. The van der Waals surface area contributed by atoms with Gasteiger partial charge in [0.15, 0.2) is 0 Å². The van der Waals surface area contributed by atoms with E-state index >= 15 is 0 Å². The maximum Gasteiger partial charge on any atom is 0.123 e. The minimum Gasteiger partial charge on any atom is -0.488 e. The van der Waals surface area contributed by atoms with Crippen LogP contribution >= 0.6 is 0 Å². The lowest BCUT2D eigenvalue weighted by atomic mass is 10.1. The van der Waals surface area contributed by atoms with Crippen LogP contribution in [0.3, 0.4) is 0 Å². The Labute approximate surface area is 119 Å². The molecule has 1 unspecified atom stereocenters. The lowest BCUT2D eigenvalue weighted by molar-refractivity contribution is 0.203. The molecule has 1 atom stereocenters. The number of hydrogen-bond acceptors (Lipinski definition) is 3. The fourth-order valence-corrected chi connectivity index (χ4v) is 2.78. The number of fused-ring (bicyclic) bond motifs is 1. The smallest absolute Gasteiger partial charge is 0.123 e. The normalized spacial score (nSPS) is 17.1. The van der Waals surface area contributed by atoms with Gasteiger partial charge in [0.25, 0.3) is 0 Å². The van der Waals surface area contributed by atoms with E-state index in [-0.39, 0.29) is 6.10 Å². The largest absolute Gasteiger partial charge is 0.488 e. The van der Waals surface area contributed by atoms with Crippen LogP contribution in [-0.2, 0) is 19.5 Å². The van der Waals surface area contributed by atoms with Gasteiger partial charge in [0.2, 0.25) is 0 Å². The van der Waals surface area contributed by atoms with Gasteiger partial charge in [0.05, 0.1) is 12.2 Å². The number of hydrogen-bond donors (Lipinski definition) is 1. The quantitative estimate of drug-likeness (QED) is 0.927. The Kier molecular flexibility index (Phi) is 3.49. The molecular weight excluding hydrogens is 250 g/mol. The number of benzene rings is 1. The zero-order valence-corrected chi connectivity index (χ0v) is 12.3. The van der Waals surface area contributed by atoms with Crippen LogP contribution in [-0.4, -0.2) is 22.9 Å². The van der Waals surface area contributed by atoms with E-state index in [0.717, 1.165) is 31.0 Å². The second-order valence-electron chi connectivity index (χ2n) is 5.55. The summed E-state index contributed by atoms with van der Waals surface area (Å²) in [6.45, 7) is 5.83. The molecule has 0 spiro atoms. The maximum absolute atomic E-state index is 6.00. The summed E-state index contributed by atoms with van der Waals surface area (Å²) < 4.78 is 8.00. The lowest BCUT2D eigenvalue weighted by Crippen LogP contribution is -2.21. The van der Waals surface area contributed by atoms with Crippen LogP contribution in [0.4, 0.5) is 0 Å². The zero-order valence-electron chi connectivity index (χ0n) is 12.3. The fraction of sp³-hybridized carbons (Fsp3) is 0.438. The van der Waals surface area contributed by atoms with Crippen molar-refractivity contribution in [1.82, 2.24) is 15.1 Å². The molecule has 3 rings (SSSR count). The van der Waals surface area contributed by atoms with Crippen LogP contribution in [0.1, 0.15) is 22.4 Å². The van der Waals surface area contributed by atoms with E-state index in [1.54, 1.807) is 0 Å². The number of aromatic nitrogens is 2. The maximum atomic E-state index is 6.00. The molecule has 2 heterocycles. The summed E-state index contributed by atoms with van der Waals surface area (Å²) in [5.74, 6) is 1.03. The van der Waals surface area contributed by atoms with Crippen molar-refractivity contribution in [2.75, 3.05) is 7.05 Å². The summed E-state index contributed by atoms with van der Waals surface area (Å²) in [5.41, 5.74) is 4.94. The summed E-state index contributed by atoms with van der Waals surface area (Å²) in [7, 11) is 1.95. The highest BCUT2D eigenvalue weighted by atomic mass is 16.5. The van der Waals surface area contributed by atoms with Gasteiger partial charge in [0, 0.05) is 24.7 Å². The molecule has 1 aliphatic heterocycles. The Bertz CT molecular complexity index is 618. The summed E-state index contributed by atoms with van der Waals surface area (Å²) in [6.07, 6.45) is 3.27. The lowest BCUT2D eigenvalue weighted by Gasteiger charge is -2.10. The average molecular weight is 271 g/mol. The number of nitrogens with one attached hydrogen (secondary N) is 1. The van der Waals surface area contributed by atoms with Gasteiger partial charge in [-0.3, -0.25) is 4.68 Å². The highest BCUT2D eigenvalue weighted by molar-refractivity contribution is 5.40. The molecule has 20 heavy (non-hydrogen) atoms. The number of ether oxygens (including phenoxy) is 1. The standard InChI is InChI=1S/C16H21N3O/c1-11-4-5-16-13(6-11)7-15(20-16)10-19-9-14(8-17-3)12(2)18-19/h4-6,9,15,17H,7-8,10H2,1-3H3. The predicted octanol–water partition coefficient (Wildman–Crippen LogP) is 2.22. The second kappa shape index (κ2) is 5.29. The molecule has 1 N–H and O–H groups in total. The van der Waals surface area contributed by atoms with Crippen LogP contribution < -0.4 is 10.1 Å². The molecule has 2 aromatic rings. The van der Waals surface area contributed by atoms with Crippen LogP contribution in [0.2, 0.25) is 0 Å². The molecule has 0 amide bonds. The van der Waals surface area contributed by atoms with Gasteiger partial charge in [0.1, 0.15) is 11.9 Å². The molecule has 0 aliphatic carbocycles. The van der Waals surface area contributed by atoms with Crippen molar-refractivity contribution in [2.45, 2.75) is 39.5 Å². The Hall–Kier alpha value is -1.81. The van der Waals surface area contributed by atoms with Crippen LogP contribution in [0.25, 0.3) is 0 Å². The van der Waals surface area contributed by atoms with Gasteiger partial charge in [-0.1, -0.05) is 17.7 Å². The van der Waals surface area contributed by atoms with E-state index in [1.807, 2.05) is 11.7 Å². The molecule has 4 heteroatoms. The van der Waals surface area contributed by atoms with Crippen molar-refractivity contribution in [3.05, 3.63) is 46.8 Å². The van der Waals surface area contributed by atoms with Gasteiger partial charge in [-0.05, 0) is 32.5 Å². The van der Waals surface area contributed by atoms with Crippen molar-refractivity contribution in [2.24, 2.45) is 0 Å². The summed E-state index contributed by atoms with van der Waals surface area (Å²) >= 11 is 0. The third kappa shape index (κ3) is 2.56. The Morgan fingerprint density at radius 2 is 2.25 bits per heavy atom. The van der Waals surface area contributed by atoms with Crippen LogP contribution in [0.5, 0.6) is 5.75 Å². The molecule has 0 bridgehead atoms. The molecule has 1 aromatic carbocycles. The molecule has 0 radical (unpaired) electrons. The average Bonchev–Trinajstić information content (AvgIpc) is 2.93. The summed E-state index contributed by atoms with van der Waals surface area (Å²) in [6, 6.07) is 6.39. The first-order valence-electron chi connectivity index (χ1n) is 7.09. The highest BCUT2D eigenvalue weighted by Gasteiger charge is 2.23. The topological polar surface area (TPSA) is 39.1 Å². The monoisotopic (exact) mass is 271 g/mol. The molecule has 1 aromatic heterocycles. The minimum absolute atomic E-state index is 0.188. The van der Waals surface area contributed by atoms with E-state index in [2.05, 4.69) is 48.7 Å². The zero-order chi connectivity index (χ0) is 14.1. The summed E-state index contributed by atoms with van der Waals surface area (Å²) in [5, 5.41) is 7.74. The molecule has 0 saturated carbocycles. The SMILES string of the molecule is CNCc1cn(CC2Cc3cc(C)ccc3O2)nc1C. The van der Waals surface area contributed by atoms with E-state index < -0.39 is 0 Å². The first-order valence-corrected chi connectivity index (χ1v) is 7.09. The van der Waals surface area contributed by atoms with Crippen molar-refractivity contribution in [3.8, 4) is 5.75 Å². The van der Waals surface area contributed by atoms with E-state index in [1.165, 1.54) is 16.7 Å². The molecule has 1 aliphatic rings. The van der Waals surface area contributed by atoms with Crippen molar-refractivity contribution in [3.63, 3.8) is 0 Å². The third-order valence-electron chi connectivity index (χ3n) is 3.76. The fourth-order valence-electron chi connectivity index (χ4n) is 2.78. The van der Waals surface area contributed by atoms with E-state index in [4.69, 9.17) is 4.74 Å². The van der Waals surface area contributed by atoms with Gasteiger partial charge in [-0.25, -0.2) is 0 Å². The van der Waals surface area contributed by atoms with Crippen molar-refractivity contribution in [1.29, 1.82) is 0 Å². The van der Waals surface area contributed by atoms with Crippen LogP contribution in [0.15, 0.2) is 24.4 Å². The molecule has 106 valence electrons. The first kappa shape index (κ1) is 13.2. The summed E-state index contributed by atoms with van der Waals surface area (Å²) in [4.78, 5) is 0. The van der Waals surface area contributed by atoms with Gasteiger partial charge < -0.3 is 10.1 Å². The van der Waals surface area contributed by atoms with Gasteiger partial charge in [-0.15, -0.1) is 0 Å². The van der Waals surface area contributed by atoms with E-state index in [9.17, 15) is 0 Å². The highest BCUT2D eigenvalue weighted by Crippen LogP contribution is 2.30. The molecule has 0 fully saturated rings. The molecule has 0 saturated heterocycles. The Balaban J connectivity index is 1.70. The van der Waals surface area contributed by atoms with Gasteiger partial charge in [-0.2, -0.15) is 5.10 Å². The third-order valence-corrected chi connectivity index (χ3v) is 3.76. The number of nitrogens with zero attached hydrogens (tertiary/aromatic N) is 2. The van der Waals surface area contributed by atoms with Crippen molar-refractivity contribution >= 4 is 0 Å². The second-order valence-corrected chi connectivity index (χ2v) is 5.55. The van der Waals surface area contributed by atoms with E-state index in [0.29, 0.717) is 0 Å². The molecular formula is C16H21N3O. The number of aryl methyl sites for hydroxylation is 2. The van der Waals surface area contributed by atoms with Gasteiger partial charge >= 0.3 is 0 Å². The Morgan fingerprint density at radius 3 is 3.05 bits per heavy atom. The predicted molar refractivity (Wildman–Crippen MR) is 79.0 cm³/mol. The molecule has 4 nitrogen and oxygen atoms in total. The van der Waals surface area contributed by atoms with Crippen molar-refractivity contribution < 1.29 is 4.74 Å². The Morgan fingerprint density at radius 1 is 1.40 bits per heavy atom. The minimum atomic E-state index is 0.188. The first-order chi connectivity index (χ1) is 9.65.